The van der Waals surface area contributed by atoms with Crippen LogP contribution in [-0.4, -0.2) is 33.6 Å². The minimum absolute atomic E-state index is 0.286. The first kappa shape index (κ1) is 23.5. The third-order valence-corrected chi connectivity index (χ3v) is 5.03. The molecular formula is C21H21F3N4O3S. The van der Waals surface area contributed by atoms with E-state index in [2.05, 4.69) is 19.4 Å². The van der Waals surface area contributed by atoms with Crippen molar-refractivity contribution >= 4 is 18.0 Å². The Hall–Kier alpha value is -3.21. The number of rotatable bonds is 9. The quantitative estimate of drug-likeness (QED) is 0.335. The van der Waals surface area contributed by atoms with Crippen molar-refractivity contribution in [3.05, 3.63) is 60.8 Å². The minimum Gasteiger partial charge on any atom is -0.449 e. The molecule has 1 aromatic carbocycles. The molecule has 0 fully saturated rings. The number of nitrogens with zero attached hydrogens (tertiary/aromatic N) is 3. The number of alkyl halides is 3. The summed E-state index contributed by atoms with van der Waals surface area (Å²) in [4.78, 5) is 20.7. The predicted molar refractivity (Wildman–Crippen MR) is 113 cm³/mol. The van der Waals surface area contributed by atoms with Gasteiger partial charge in [0.05, 0.1) is 18.6 Å². The highest BCUT2D eigenvalue weighted by Gasteiger charge is 2.31. The van der Waals surface area contributed by atoms with Gasteiger partial charge in [0.25, 0.3) is 0 Å². The van der Waals surface area contributed by atoms with Gasteiger partial charge in [-0.15, -0.1) is 13.2 Å². The Bertz CT molecular complexity index is 1010. The van der Waals surface area contributed by atoms with E-state index in [4.69, 9.17) is 4.74 Å². The number of aromatic nitrogens is 3. The molecule has 0 atom stereocenters. The minimum atomic E-state index is -4.82. The largest absolute Gasteiger partial charge is 0.573 e. The first-order chi connectivity index (χ1) is 15.3. The summed E-state index contributed by atoms with van der Waals surface area (Å²) >= 11 is 0.929. The van der Waals surface area contributed by atoms with Gasteiger partial charge in [0, 0.05) is 35.6 Å². The molecule has 0 unspecified atom stereocenters. The molecule has 1 amide bonds. The SMILES string of the molecule is CCCCOC(=O)NSc1ccc(OC(F)(F)F)cc1-c1ccc(Cn2ccnc2)cn1. The molecule has 0 radical (unpaired) electrons. The van der Waals surface area contributed by atoms with E-state index in [-0.39, 0.29) is 12.4 Å². The zero-order valence-corrected chi connectivity index (χ0v) is 17.9. The fourth-order valence-electron chi connectivity index (χ4n) is 2.70. The second-order valence-corrected chi connectivity index (χ2v) is 7.53. The lowest BCUT2D eigenvalue weighted by molar-refractivity contribution is -0.274. The Labute approximate surface area is 187 Å². The van der Waals surface area contributed by atoms with Gasteiger partial charge in [-0.1, -0.05) is 19.4 Å². The topological polar surface area (TPSA) is 78.3 Å². The smallest absolute Gasteiger partial charge is 0.449 e. The molecule has 2 heterocycles. The van der Waals surface area contributed by atoms with Crippen LogP contribution in [0.5, 0.6) is 5.75 Å². The summed E-state index contributed by atoms with van der Waals surface area (Å²) in [5, 5.41) is 0. The molecule has 0 aliphatic rings. The molecule has 0 saturated heterocycles. The monoisotopic (exact) mass is 466 g/mol. The summed E-state index contributed by atoms with van der Waals surface area (Å²) in [6.07, 6.45) is 2.95. The third kappa shape index (κ3) is 7.19. The van der Waals surface area contributed by atoms with E-state index >= 15 is 0 Å². The molecule has 0 aliphatic carbocycles. The van der Waals surface area contributed by atoms with Crippen molar-refractivity contribution in [2.75, 3.05) is 6.61 Å². The summed E-state index contributed by atoms with van der Waals surface area (Å²) in [5.41, 5.74) is 1.69. The molecule has 0 aliphatic heterocycles. The van der Waals surface area contributed by atoms with Crippen molar-refractivity contribution in [1.82, 2.24) is 19.3 Å². The van der Waals surface area contributed by atoms with Crippen molar-refractivity contribution in [2.45, 2.75) is 37.6 Å². The average Bonchev–Trinajstić information content (AvgIpc) is 3.25. The number of imidazole rings is 1. The molecule has 3 rings (SSSR count). The van der Waals surface area contributed by atoms with Gasteiger partial charge >= 0.3 is 12.5 Å². The van der Waals surface area contributed by atoms with Crippen LogP contribution in [0.1, 0.15) is 25.3 Å². The molecule has 170 valence electrons. The Balaban J connectivity index is 1.80. The van der Waals surface area contributed by atoms with Gasteiger partial charge in [-0.05, 0) is 48.2 Å². The Kier molecular flexibility index (Phi) is 7.98. The lowest BCUT2D eigenvalue weighted by Gasteiger charge is -2.14. The number of nitrogens with one attached hydrogen (secondary N) is 1. The maximum atomic E-state index is 12.7. The van der Waals surface area contributed by atoms with Crippen LogP contribution in [0.2, 0.25) is 0 Å². The maximum Gasteiger partial charge on any atom is 0.573 e. The van der Waals surface area contributed by atoms with Crippen LogP contribution in [0.3, 0.4) is 0 Å². The highest BCUT2D eigenvalue weighted by Crippen LogP contribution is 2.34. The molecule has 7 nitrogen and oxygen atoms in total. The van der Waals surface area contributed by atoms with Crippen LogP contribution in [0.4, 0.5) is 18.0 Å². The molecular weight excluding hydrogens is 445 g/mol. The van der Waals surface area contributed by atoms with Crippen LogP contribution in [0, 0.1) is 0 Å². The zero-order valence-electron chi connectivity index (χ0n) is 17.1. The number of amides is 1. The van der Waals surface area contributed by atoms with Crippen LogP contribution >= 0.6 is 11.9 Å². The summed E-state index contributed by atoms with van der Waals surface area (Å²) in [5.74, 6) is -0.383. The molecule has 11 heteroatoms. The van der Waals surface area contributed by atoms with E-state index in [1.807, 2.05) is 23.8 Å². The fourth-order valence-corrected chi connectivity index (χ4v) is 3.36. The molecule has 32 heavy (non-hydrogen) atoms. The number of ether oxygens (including phenoxy) is 2. The number of carbonyl (C=O) groups excluding carboxylic acids is 1. The number of halogens is 3. The van der Waals surface area contributed by atoms with Crippen LogP contribution < -0.4 is 9.46 Å². The van der Waals surface area contributed by atoms with Crippen molar-refractivity contribution in [3.8, 4) is 17.0 Å². The van der Waals surface area contributed by atoms with Crippen molar-refractivity contribution in [1.29, 1.82) is 0 Å². The van der Waals surface area contributed by atoms with Gasteiger partial charge in [0.2, 0.25) is 0 Å². The number of pyridine rings is 1. The first-order valence-electron chi connectivity index (χ1n) is 9.74. The van der Waals surface area contributed by atoms with Gasteiger partial charge in [0.15, 0.2) is 0 Å². The normalized spacial score (nSPS) is 11.2. The zero-order chi connectivity index (χ0) is 23.0. The fraction of sp³-hybridized carbons (Fsp3) is 0.286. The lowest BCUT2D eigenvalue weighted by Crippen LogP contribution is -2.18. The number of carbonyl (C=O) groups is 1. The maximum absolute atomic E-state index is 12.7. The summed E-state index contributed by atoms with van der Waals surface area (Å²) in [7, 11) is 0. The second kappa shape index (κ2) is 10.9. The van der Waals surface area contributed by atoms with Crippen LogP contribution in [0.25, 0.3) is 11.3 Å². The van der Waals surface area contributed by atoms with Crippen molar-refractivity contribution < 1.29 is 27.4 Å². The van der Waals surface area contributed by atoms with Crippen molar-refractivity contribution in [2.24, 2.45) is 0 Å². The molecule has 0 saturated carbocycles. The van der Waals surface area contributed by atoms with Gasteiger partial charge < -0.3 is 14.0 Å². The molecule has 2 aromatic heterocycles. The Morgan fingerprint density at radius 1 is 1.25 bits per heavy atom. The molecule has 0 bridgehead atoms. The number of benzene rings is 1. The van der Waals surface area contributed by atoms with E-state index in [1.54, 1.807) is 24.8 Å². The highest BCUT2D eigenvalue weighted by molar-refractivity contribution is 7.98. The van der Waals surface area contributed by atoms with Gasteiger partial charge in [-0.2, -0.15) is 0 Å². The average molecular weight is 466 g/mol. The Morgan fingerprint density at radius 2 is 2.09 bits per heavy atom. The predicted octanol–water partition coefficient (Wildman–Crippen LogP) is 5.43. The summed E-state index contributed by atoms with van der Waals surface area (Å²) < 4.78 is 51.5. The summed E-state index contributed by atoms with van der Waals surface area (Å²) in [6, 6.07) is 7.35. The molecule has 1 N–H and O–H groups in total. The number of hydrogen-bond donors (Lipinski definition) is 1. The van der Waals surface area contributed by atoms with E-state index < -0.39 is 12.5 Å². The standard InChI is InChI=1S/C21H21F3N4O3S/c1-2-3-10-30-20(29)27-32-19-7-5-16(31-21(22,23)24)11-17(19)18-6-4-15(12-26-18)13-28-9-8-25-14-28/h4-9,11-12,14H,2-3,10,13H2,1H3,(H,27,29). The lowest BCUT2D eigenvalue weighted by atomic mass is 10.1. The Morgan fingerprint density at radius 3 is 2.75 bits per heavy atom. The van der Waals surface area contributed by atoms with E-state index in [0.29, 0.717) is 22.7 Å². The van der Waals surface area contributed by atoms with Crippen LogP contribution in [0.15, 0.2) is 60.1 Å². The second-order valence-electron chi connectivity index (χ2n) is 6.69. The summed E-state index contributed by atoms with van der Waals surface area (Å²) in [6.45, 7) is 2.81. The van der Waals surface area contributed by atoms with Crippen LogP contribution in [-0.2, 0) is 11.3 Å². The van der Waals surface area contributed by atoms with E-state index in [1.165, 1.54) is 18.2 Å². The molecule has 3 aromatic rings. The van der Waals surface area contributed by atoms with Gasteiger partial charge in [-0.25, -0.2) is 9.78 Å². The first-order valence-corrected chi connectivity index (χ1v) is 10.6. The molecule has 0 spiro atoms. The van der Waals surface area contributed by atoms with E-state index in [9.17, 15) is 18.0 Å². The van der Waals surface area contributed by atoms with Gasteiger partial charge in [0.1, 0.15) is 5.75 Å². The van der Waals surface area contributed by atoms with Gasteiger partial charge in [-0.3, -0.25) is 9.71 Å². The third-order valence-electron chi connectivity index (χ3n) is 4.19. The van der Waals surface area contributed by atoms with E-state index in [0.717, 1.165) is 30.4 Å². The highest BCUT2D eigenvalue weighted by atomic mass is 32.2. The number of unbranched alkanes of at least 4 members (excludes halogenated alkanes) is 1. The number of hydrogen-bond acceptors (Lipinski definition) is 6. The van der Waals surface area contributed by atoms with Crippen molar-refractivity contribution in [3.63, 3.8) is 0 Å².